The second kappa shape index (κ2) is 8.06. The third kappa shape index (κ3) is 5.19. The predicted octanol–water partition coefficient (Wildman–Crippen LogP) is 1.37. The SMILES string of the molecule is CCOC(=O)COCC(=O)Oc1ccccc1C(C)=O. The van der Waals surface area contributed by atoms with E-state index in [4.69, 9.17) is 9.47 Å². The van der Waals surface area contributed by atoms with Crippen molar-refractivity contribution in [3.05, 3.63) is 29.8 Å². The fourth-order valence-electron chi connectivity index (χ4n) is 1.42. The maximum absolute atomic E-state index is 11.5. The number of hydrogen-bond donors (Lipinski definition) is 0. The molecule has 108 valence electrons. The van der Waals surface area contributed by atoms with Crippen molar-refractivity contribution in [1.82, 2.24) is 0 Å². The van der Waals surface area contributed by atoms with Gasteiger partial charge in [0.05, 0.1) is 12.2 Å². The number of esters is 2. The minimum atomic E-state index is -0.692. The normalized spacial score (nSPS) is 9.90. The average molecular weight is 280 g/mol. The van der Waals surface area contributed by atoms with E-state index in [1.165, 1.54) is 13.0 Å². The highest BCUT2D eigenvalue weighted by Crippen LogP contribution is 2.18. The van der Waals surface area contributed by atoms with Crippen LogP contribution in [0.1, 0.15) is 24.2 Å². The number of carbonyl (C=O) groups excluding carboxylic acids is 3. The third-order valence-electron chi connectivity index (χ3n) is 2.24. The van der Waals surface area contributed by atoms with Crippen molar-refractivity contribution in [1.29, 1.82) is 0 Å². The monoisotopic (exact) mass is 280 g/mol. The minimum Gasteiger partial charge on any atom is -0.464 e. The Bertz CT molecular complexity index is 494. The number of hydrogen-bond acceptors (Lipinski definition) is 6. The van der Waals surface area contributed by atoms with Gasteiger partial charge >= 0.3 is 11.9 Å². The zero-order chi connectivity index (χ0) is 15.0. The van der Waals surface area contributed by atoms with Crippen molar-refractivity contribution >= 4 is 17.7 Å². The van der Waals surface area contributed by atoms with E-state index >= 15 is 0 Å². The van der Waals surface area contributed by atoms with Crippen LogP contribution >= 0.6 is 0 Å². The van der Waals surface area contributed by atoms with E-state index in [0.29, 0.717) is 5.56 Å². The molecule has 0 radical (unpaired) electrons. The molecule has 0 atom stereocenters. The van der Waals surface area contributed by atoms with Gasteiger partial charge in [0.1, 0.15) is 19.0 Å². The Hall–Kier alpha value is -2.21. The van der Waals surface area contributed by atoms with E-state index in [-0.39, 0.29) is 24.7 Å². The van der Waals surface area contributed by atoms with Crippen LogP contribution in [0.15, 0.2) is 24.3 Å². The fourth-order valence-corrected chi connectivity index (χ4v) is 1.42. The van der Waals surface area contributed by atoms with Gasteiger partial charge in [0.25, 0.3) is 0 Å². The van der Waals surface area contributed by atoms with E-state index in [1.54, 1.807) is 25.1 Å². The summed E-state index contributed by atoms with van der Waals surface area (Å²) in [5.74, 6) is -1.28. The highest BCUT2D eigenvalue weighted by molar-refractivity contribution is 5.97. The van der Waals surface area contributed by atoms with Crippen molar-refractivity contribution in [3.8, 4) is 5.75 Å². The summed E-state index contributed by atoms with van der Waals surface area (Å²) in [5, 5.41) is 0. The number of para-hydroxylation sites is 1. The molecule has 0 saturated heterocycles. The molecule has 6 heteroatoms. The maximum atomic E-state index is 11.5. The summed E-state index contributed by atoms with van der Waals surface area (Å²) in [4.78, 5) is 33.8. The van der Waals surface area contributed by atoms with E-state index in [0.717, 1.165) is 0 Å². The number of ether oxygens (including phenoxy) is 3. The zero-order valence-electron chi connectivity index (χ0n) is 11.4. The summed E-state index contributed by atoms with van der Waals surface area (Å²) in [6.45, 7) is 2.58. The molecular formula is C14H16O6. The van der Waals surface area contributed by atoms with Crippen molar-refractivity contribution in [2.24, 2.45) is 0 Å². The molecule has 0 bridgehead atoms. The first-order chi connectivity index (χ1) is 9.54. The van der Waals surface area contributed by atoms with Gasteiger partial charge in [0, 0.05) is 0 Å². The molecule has 0 amide bonds. The number of benzene rings is 1. The zero-order valence-corrected chi connectivity index (χ0v) is 11.4. The Kier molecular flexibility index (Phi) is 6.39. The molecule has 6 nitrogen and oxygen atoms in total. The second-order valence-electron chi connectivity index (χ2n) is 3.82. The summed E-state index contributed by atoms with van der Waals surface area (Å²) in [6, 6.07) is 6.39. The summed E-state index contributed by atoms with van der Waals surface area (Å²) in [5.41, 5.74) is 0.311. The summed E-state index contributed by atoms with van der Waals surface area (Å²) in [7, 11) is 0. The number of carbonyl (C=O) groups is 3. The molecule has 0 aliphatic rings. The Morgan fingerprint density at radius 3 is 2.35 bits per heavy atom. The van der Waals surface area contributed by atoms with Gasteiger partial charge < -0.3 is 14.2 Å². The third-order valence-corrected chi connectivity index (χ3v) is 2.24. The standard InChI is InChI=1S/C14H16O6/c1-3-19-13(16)8-18-9-14(17)20-12-7-5-4-6-11(12)10(2)15/h4-7H,3,8-9H2,1-2H3. The van der Waals surface area contributed by atoms with Gasteiger partial charge in [0.15, 0.2) is 5.78 Å². The topological polar surface area (TPSA) is 78.9 Å². The van der Waals surface area contributed by atoms with Gasteiger partial charge in [-0.1, -0.05) is 12.1 Å². The number of ketones is 1. The van der Waals surface area contributed by atoms with Crippen LogP contribution in [-0.2, 0) is 19.1 Å². The number of rotatable bonds is 7. The molecule has 0 unspecified atom stereocenters. The minimum absolute atomic E-state index is 0.171. The van der Waals surface area contributed by atoms with Gasteiger partial charge in [-0.25, -0.2) is 9.59 Å². The van der Waals surface area contributed by atoms with E-state index in [2.05, 4.69) is 4.74 Å². The molecular weight excluding hydrogens is 264 g/mol. The van der Waals surface area contributed by atoms with Crippen molar-refractivity contribution < 1.29 is 28.6 Å². The number of Topliss-reactive ketones (excluding diaryl/α,β-unsaturated/α-hetero) is 1. The lowest BCUT2D eigenvalue weighted by Gasteiger charge is -2.08. The van der Waals surface area contributed by atoms with Crippen LogP contribution in [0.5, 0.6) is 5.75 Å². The van der Waals surface area contributed by atoms with E-state index in [9.17, 15) is 14.4 Å². The molecule has 0 aliphatic carbocycles. The molecule has 0 fully saturated rings. The van der Waals surface area contributed by atoms with Crippen molar-refractivity contribution in [2.75, 3.05) is 19.8 Å². The lowest BCUT2D eigenvalue weighted by Crippen LogP contribution is -2.20. The van der Waals surface area contributed by atoms with Crippen LogP contribution in [0, 0.1) is 0 Å². The summed E-state index contributed by atoms with van der Waals surface area (Å²) < 4.78 is 14.5. The van der Waals surface area contributed by atoms with Gasteiger partial charge in [0.2, 0.25) is 0 Å². The van der Waals surface area contributed by atoms with Crippen LogP contribution in [-0.4, -0.2) is 37.5 Å². The predicted molar refractivity (Wildman–Crippen MR) is 69.5 cm³/mol. The van der Waals surface area contributed by atoms with Crippen LogP contribution in [0.4, 0.5) is 0 Å². The van der Waals surface area contributed by atoms with E-state index in [1.807, 2.05) is 0 Å². The lowest BCUT2D eigenvalue weighted by atomic mass is 10.1. The molecule has 1 aromatic rings. The van der Waals surface area contributed by atoms with E-state index < -0.39 is 18.5 Å². The molecule has 0 spiro atoms. The molecule has 0 saturated carbocycles. The Morgan fingerprint density at radius 2 is 1.70 bits per heavy atom. The Morgan fingerprint density at radius 1 is 1.05 bits per heavy atom. The van der Waals surface area contributed by atoms with Crippen LogP contribution in [0.25, 0.3) is 0 Å². The highest BCUT2D eigenvalue weighted by Gasteiger charge is 2.12. The van der Waals surface area contributed by atoms with Gasteiger partial charge in [-0.2, -0.15) is 0 Å². The lowest BCUT2D eigenvalue weighted by molar-refractivity contribution is -0.151. The molecule has 1 rings (SSSR count). The van der Waals surface area contributed by atoms with Crippen LogP contribution in [0.2, 0.25) is 0 Å². The quantitative estimate of drug-likeness (QED) is 0.426. The smallest absolute Gasteiger partial charge is 0.337 e. The summed E-state index contributed by atoms with van der Waals surface area (Å²) >= 11 is 0. The molecule has 0 aliphatic heterocycles. The first-order valence-electron chi connectivity index (χ1n) is 6.08. The fraction of sp³-hybridized carbons (Fsp3) is 0.357. The van der Waals surface area contributed by atoms with Crippen molar-refractivity contribution in [3.63, 3.8) is 0 Å². The Labute approximate surface area is 116 Å². The maximum Gasteiger partial charge on any atom is 0.337 e. The molecule has 0 heterocycles. The van der Waals surface area contributed by atoms with Gasteiger partial charge in [-0.05, 0) is 26.0 Å². The summed E-state index contributed by atoms with van der Waals surface area (Å²) in [6.07, 6.45) is 0. The Balaban J connectivity index is 2.47. The largest absolute Gasteiger partial charge is 0.464 e. The van der Waals surface area contributed by atoms with Crippen LogP contribution < -0.4 is 4.74 Å². The second-order valence-corrected chi connectivity index (χ2v) is 3.82. The van der Waals surface area contributed by atoms with Gasteiger partial charge in [-0.15, -0.1) is 0 Å². The molecule has 0 aromatic heterocycles. The molecule has 1 aromatic carbocycles. The molecule has 20 heavy (non-hydrogen) atoms. The average Bonchev–Trinajstić information content (AvgIpc) is 2.39. The van der Waals surface area contributed by atoms with Crippen LogP contribution in [0.3, 0.4) is 0 Å². The molecule has 0 N–H and O–H groups in total. The first-order valence-corrected chi connectivity index (χ1v) is 6.08. The van der Waals surface area contributed by atoms with Crippen molar-refractivity contribution in [2.45, 2.75) is 13.8 Å². The first kappa shape index (κ1) is 15.8. The van der Waals surface area contributed by atoms with Gasteiger partial charge in [-0.3, -0.25) is 4.79 Å². The highest BCUT2D eigenvalue weighted by atomic mass is 16.6.